The summed E-state index contributed by atoms with van der Waals surface area (Å²) in [5.74, 6) is -3.01. The van der Waals surface area contributed by atoms with E-state index >= 15 is 0 Å². The Morgan fingerprint density at radius 2 is 1.58 bits per heavy atom. The molecule has 1 amide bonds. The largest absolute Gasteiger partial charge is 0.466 e. The molecule has 1 atom stereocenters. The maximum Gasteiger partial charge on any atom is 0.441 e. The zero-order chi connectivity index (χ0) is 22.6. The molecule has 0 fully saturated rings. The Balaban J connectivity index is 2.10. The molecule has 2 N–H and O–H groups in total. The van der Waals surface area contributed by atoms with Crippen LogP contribution in [-0.4, -0.2) is 40.6 Å². The average molecular weight is 432 g/mol. The first-order chi connectivity index (χ1) is 14.7. The topological polar surface area (TPSA) is 85.2 Å². The van der Waals surface area contributed by atoms with E-state index in [1.54, 1.807) is 48.6 Å². The van der Waals surface area contributed by atoms with Crippen molar-refractivity contribution in [3.63, 3.8) is 0 Å². The highest BCUT2D eigenvalue weighted by Gasteiger charge is 2.64. The first-order valence-corrected chi connectivity index (χ1v) is 9.11. The minimum atomic E-state index is -5.26. The Kier molecular flexibility index (Phi) is 6.00. The molecule has 0 unspecified atom stereocenters. The summed E-state index contributed by atoms with van der Waals surface area (Å²) in [5.41, 5.74) is -2.78. The van der Waals surface area contributed by atoms with Crippen LogP contribution in [0, 0.1) is 6.92 Å². The number of anilines is 1. The molecule has 162 valence electrons. The first kappa shape index (κ1) is 21.9. The maximum atomic E-state index is 14.3. The van der Waals surface area contributed by atoms with Gasteiger partial charge in [0, 0.05) is 11.6 Å². The molecule has 1 aromatic heterocycles. The van der Waals surface area contributed by atoms with E-state index in [9.17, 15) is 22.8 Å². The molecule has 0 saturated carbocycles. The molecule has 0 aliphatic heterocycles. The van der Waals surface area contributed by atoms with E-state index in [1.165, 1.54) is 35.0 Å². The number of alkyl halides is 3. The minimum Gasteiger partial charge on any atom is -0.466 e. The summed E-state index contributed by atoms with van der Waals surface area (Å²) in [6.45, 7) is 1.58. The number of esters is 1. The SMILES string of the molecule is COC(=O)[C@](NC(=O)c1ccccc1)(Nc1cc(C)nn1-c1ccccc1)C(F)(F)F. The highest BCUT2D eigenvalue weighted by molar-refractivity contribution is 5.99. The Hall–Kier alpha value is -3.82. The van der Waals surface area contributed by atoms with E-state index in [2.05, 4.69) is 15.2 Å². The molecule has 2 aromatic carbocycles. The third-order valence-corrected chi connectivity index (χ3v) is 4.40. The number of amides is 1. The molecular formula is C21H19F3N4O3. The molecule has 0 spiro atoms. The number of ether oxygens (including phenoxy) is 1. The van der Waals surface area contributed by atoms with Gasteiger partial charge in [-0.2, -0.15) is 18.3 Å². The van der Waals surface area contributed by atoms with Crippen molar-refractivity contribution in [3.8, 4) is 5.69 Å². The number of hydrogen-bond donors (Lipinski definition) is 2. The zero-order valence-electron chi connectivity index (χ0n) is 16.6. The number of aromatic nitrogens is 2. The van der Waals surface area contributed by atoms with Gasteiger partial charge in [-0.15, -0.1) is 0 Å². The number of nitrogens with one attached hydrogen (secondary N) is 2. The van der Waals surface area contributed by atoms with Crippen LogP contribution in [0.2, 0.25) is 0 Å². The highest BCUT2D eigenvalue weighted by atomic mass is 19.4. The number of carbonyl (C=O) groups excluding carboxylic acids is 2. The Labute approximate surface area is 175 Å². The molecule has 1 heterocycles. The van der Waals surface area contributed by atoms with Crippen molar-refractivity contribution in [2.45, 2.75) is 18.8 Å². The fourth-order valence-corrected chi connectivity index (χ4v) is 2.92. The number of nitrogens with zero attached hydrogens (tertiary/aromatic N) is 2. The third kappa shape index (κ3) is 4.37. The van der Waals surface area contributed by atoms with E-state index in [0.29, 0.717) is 11.4 Å². The van der Waals surface area contributed by atoms with Crippen molar-refractivity contribution in [3.05, 3.63) is 78.0 Å². The molecule has 0 radical (unpaired) electrons. The predicted molar refractivity (Wildman–Crippen MR) is 107 cm³/mol. The van der Waals surface area contributed by atoms with Crippen LogP contribution in [0.5, 0.6) is 0 Å². The second-order valence-electron chi connectivity index (χ2n) is 6.60. The Bertz CT molecular complexity index is 1070. The maximum absolute atomic E-state index is 14.3. The van der Waals surface area contributed by atoms with Gasteiger partial charge in [0.15, 0.2) is 0 Å². The Morgan fingerprint density at radius 1 is 1.00 bits per heavy atom. The highest BCUT2D eigenvalue weighted by Crippen LogP contribution is 2.34. The number of hydrogen-bond acceptors (Lipinski definition) is 5. The van der Waals surface area contributed by atoms with Crippen molar-refractivity contribution in [2.24, 2.45) is 0 Å². The van der Waals surface area contributed by atoms with E-state index in [0.717, 1.165) is 7.11 Å². The van der Waals surface area contributed by atoms with Gasteiger partial charge in [0.1, 0.15) is 5.82 Å². The number of rotatable bonds is 6. The van der Waals surface area contributed by atoms with Crippen molar-refractivity contribution < 1.29 is 27.5 Å². The fraction of sp³-hybridized carbons (Fsp3) is 0.190. The van der Waals surface area contributed by atoms with Crippen LogP contribution in [0.4, 0.5) is 19.0 Å². The molecule has 10 heteroatoms. The molecule has 7 nitrogen and oxygen atoms in total. The van der Waals surface area contributed by atoms with Gasteiger partial charge in [0.2, 0.25) is 0 Å². The molecule has 0 saturated heterocycles. The summed E-state index contributed by atoms with van der Waals surface area (Å²) < 4.78 is 48.6. The van der Waals surface area contributed by atoms with Crippen LogP contribution in [0.25, 0.3) is 5.69 Å². The van der Waals surface area contributed by atoms with Crippen molar-refractivity contribution >= 4 is 17.7 Å². The molecule has 31 heavy (non-hydrogen) atoms. The van der Waals surface area contributed by atoms with E-state index < -0.39 is 23.7 Å². The number of halogens is 3. The number of benzene rings is 2. The van der Waals surface area contributed by atoms with Crippen LogP contribution in [0.1, 0.15) is 16.1 Å². The smallest absolute Gasteiger partial charge is 0.441 e. The number of carbonyl (C=O) groups is 2. The molecule has 0 bridgehead atoms. The normalized spacial score (nSPS) is 13.2. The third-order valence-electron chi connectivity index (χ3n) is 4.40. The van der Waals surface area contributed by atoms with Gasteiger partial charge in [0.25, 0.3) is 5.91 Å². The lowest BCUT2D eigenvalue weighted by Gasteiger charge is -2.35. The summed E-state index contributed by atoms with van der Waals surface area (Å²) >= 11 is 0. The van der Waals surface area contributed by atoms with Crippen LogP contribution >= 0.6 is 0 Å². The lowest BCUT2D eigenvalue weighted by Crippen LogP contribution is -2.69. The van der Waals surface area contributed by atoms with Gasteiger partial charge in [0.05, 0.1) is 18.5 Å². The lowest BCUT2D eigenvalue weighted by atomic mass is 10.1. The van der Waals surface area contributed by atoms with Gasteiger partial charge in [-0.05, 0) is 31.2 Å². The number of methoxy groups -OCH3 is 1. The van der Waals surface area contributed by atoms with E-state index in [1.807, 2.05) is 0 Å². The first-order valence-electron chi connectivity index (χ1n) is 9.11. The van der Waals surface area contributed by atoms with Crippen LogP contribution in [-0.2, 0) is 9.53 Å². The number of aryl methyl sites for hydroxylation is 1. The standard InChI is InChI=1S/C21H19F3N4O3/c1-14-13-17(28(27-14)16-11-7-4-8-12-16)25-20(19(30)31-2,21(22,23)24)26-18(29)15-9-5-3-6-10-15/h3-13,25H,1-2H3,(H,26,29)/t20-/m1/s1. The summed E-state index contributed by atoms with van der Waals surface area (Å²) in [6.07, 6.45) is -5.26. The van der Waals surface area contributed by atoms with E-state index in [4.69, 9.17) is 0 Å². The van der Waals surface area contributed by atoms with Gasteiger partial charge in [-0.3, -0.25) is 4.79 Å². The van der Waals surface area contributed by atoms with Gasteiger partial charge < -0.3 is 15.4 Å². The number of para-hydroxylation sites is 1. The van der Waals surface area contributed by atoms with E-state index in [-0.39, 0.29) is 11.4 Å². The van der Waals surface area contributed by atoms with Crippen molar-refractivity contribution in [1.29, 1.82) is 0 Å². The molecule has 0 aliphatic carbocycles. The summed E-state index contributed by atoms with van der Waals surface area (Å²) in [5, 5.41) is 8.12. The lowest BCUT2D eigenvalue weighted by molar-refractivity contribution is -0.203. The quantitative estimate of drug-likeness (QED) is 0.460. The Morgan fingerprint density at radius 3 is 2.13 bits per heavy atom. The summed E-state index contributed by atoms with van der Waals surface area (Å²) in [4.78, 5) is 25.1. The van der Waals surface area contributed by atoms with Gasteiger partial charge in [-0.25, -0.2) is 9.48 Å². The molecular weight excluding hydrogens is 413 g/mol. The molecule has 0 aliphatic rings. The summed E-state index contributed by atoms with van der Waals surface area (Å²) in [6, 6.07) is 16.9. The van der Waals surface area contributed by atoms with Crippen LogP contribution in [0.15, 0.2) is 66.7 Å². The van der Waals surface area contributed by atoms with Crippen molar-refractivity contribution in [2.75, 3.05) is 12.4 Å². The average Bonchev–Trinajstić information content (AvgIpc) is 3.12. The van der Waals surface area contributed by atoms with Gasteiger partial charge >= 0.3 is 17.8 Å². The predicted octanol–water partition coefficient (Wildman–Crippen LogP) is 3.45. The minimum absolute atomic E-state index is 0.0606. The van der Waals surface area contributed by atoms with Crippen molar-refractivity contribution in [1.82, 2.24) is 15.1 Å². The van der Waals surface area contributed by atoms with Crippen LogP contribution in [0.3, 0.4) is 0 Å². The summed E-state index contributed by atoms with van der Waals surface area (Å²) in [7, 11) is 0.804. The van der Waals surface area contributed by atoms with Crippen LogP contribution < -0.4 is 10.6 Å². The second kappa shape index (κ2) is 8.50. The molecule has 3 aromatic rings. The van der Waals surface area contributed by atoms with Gasteiger partial charge in [-0.1, -0.05) is 36.4 Å². The fourth-order valence-electron chi connectivity index (χ4n) is 2.92. The second-order valence-corrected chi connectivity index (χ2v) is 6.60. The zero-order valence-corrected chi connectivity index (χ0v) is 16.6. The monoisotopic (exact) mass is 432 g/mol. The molecule has 3 rings (SSSR count).